The van der Waals surface area contributed by atoms with Crippen molar-refractivity contribution in [1.29, 1.82) is 5.41 Å². The van der Waals surface area contributed by atoms with Crippen LogP contribution in [0.1, 0.15) is 50.7 Å². The number of carbonyl (C=O) groups excluding carboxylic acids is 1. The van der Waals surface area contributed by atoms with Crippen LogP contribution in [0.15, 0.2) is 59.5 Å². The molecule has 0 heterocycles. The Morgan fingerprint density at radius 1 is 1.18 bits per heavy atom. The van der Waals surface area contributed by atoms with Gasteiger partial charge in [-0.2, -0.15) is 0 Å². The first-order valence-electron chi connectivity index (χ1n) is 10.1. The number of hydrogen-bond acceptors (Lipinski definition) is 4. The summed E-state index contributed by atoms with van der Waals surface area (Å²) in [5.74, 6) is 1.23. The molecule has 28 heavy (non-hydrogen) atoms. The van der Waals surface area contributed by atoms with Gasteiger partial charge in [0.15, 0.2) is 0 Å². The van der Waals surface area contributed by atoms with E-state index >= 15 is 0 Å². The number of hydrogen-bond donors (Lipinski definition) is 2. The predicted molar refractivity (Wildman–Crippen MR) is 113 cm³/mol. The van der Waals surface area contributed by atoms with Crippen LogP contribution in [0.4, 0.5) is 0 Å². The second-order valence-electron chi connectivity index (χ2n) is 7.88. The van der Waals surface area contributed by atoms with Crippen LogP contribution >= 0.6 is 0 Å². The first-order valence-corrected chi connectivity index (χ1v) is 10.1. The minimum atomic E-state index is 0.144. The van der Waals surface area contributed by atoms with Gasteiger partial charge in [0, 0.05) is 29.8 Å². The van der Waals surface area contributed by atoms with Crippen LogP contribution in [-0.2, 0) is 16.1 Å². The fourth-order valence-electron chi connectivity index (χ4n) is 3.86. The van der Waals surface area contributed by atoms with Crippen molar-refractivity contribution in [3.8, 4) is 0 Å². The highest BCUT2D eigenvalue weighted by molar-refractivity contribution is 6.10. The summed E-state index contributed by atoms with van der Waals surface area (Å²) in [6, 6.07) is 8.42. The van der Waals surface area contributed by atoms with Gasteiger partial charge in [0.1, 0.15) is 11.5 Å². The Morgan fingerprint density at radius 2 is 1.93 bits per heavy atom. The first-order chi connectivity index (χ1) is 13.4. The van der Waals surface area contributed by atoms with Crippen molar-refractivity contribution in [2.45, 2.75) is 59.1 Å². The average molecular weight is 379 g/mol. The molecule has 4 heteroatoms. The van der Waals surface area contributed by atoms with Gasteiger partial charge < -0.3 is 15.5 Å². The van der Waals surface area contributed by atoms with Gasteiger partial charge in [-0.3, -0.25) is 4.79 Å². The molecule has 0 radical (unpaired) electrons. The maximum absolute atomic E-state index is 11.5. The molecular formula is C24H30N2O2. The molecule has 2 N–H and O–H groups in total. The molecule has 0 spiro atoms. The van der Waals surface area contributed by atoms with Crippen molar-refractivity contribution in [1.82, 2.24) is 5.32 Å². The summed E-state index contributed by atoms with van der Waals surface area (Å²) in [7, 11) is 0. The third-order valence-electron chi connectivity index (χ3n) is 5.59. The fraction of sp³-hybridized carbons (Fsp3) is 0.417. The van der Waals surface area contributed by atoms with Gasteiger partial charge in [-0.25, -0.2) is 0 Å². The Morgan fingerprint density at radius 3 is 2.57 bits per heavy atom. The maximum atomic E-state index is 11.5. The average Bonchev–Trinajstić information content (AvgIpc) is 2.67. The molecule has 0 amide bonds. The highest BCUT2D eigenvalue weighted by Gasteiger charge is 2.25. The van der Waals surface area contributed by atoms with Crippen molar-refractivity contribution in [2.75, 3.05) is 0 Å². The Hall–Kier alpha value is -2.62. The molecule has 3 rings (SSSR count). The number of Topliss-reactive ketones (excluding diaryl/α,β-unsaturated/α-hetero) is 1. The van der Waals surface area contributed by atoms with Gasteiger partial charge in [-0.05, 0) is 64.2 Å². The normalized spacial score (nSPS) is 23.8. The number of aryl methyl sites for hydroxylation is 1. The Balaban J connectivity index is 1.55. The lowest BCUT2D eigenvalue weighted by Crippen LogP contribution is -2.25. The predicted octanol–water partition coefficient (Wildman–Crippen LogP) is 5.00. The van der Waals surface area contributed by atoms with Gasteiger partial charge in [0.25, 0.3) is 0 Å². The van der Waals surface area contributed by atoms with Crippen LogP contribution in [0.25, 0.3) is 0 Å². The third-order valence-corrected chi connectivity index (χ3v) is 5.59. The molecule has 2 aliphatic carbocycles. The van der Waals surface area contributed by atoms with E-state index in [1.54, 1.807) is 13.0 Å². The molecule has 0 aliphatic heterocycles. The van der Waals surface area contributed by atoms with E-state index < -0.39 is 0 Å². The van der Waals surface area contributed by atoms with Crippen molar-refractivity contribution in [3.05, 3.63) is 70.6 Å². The highest BCUT2D eigenvalue weighted by Crippen LogP contribution is 2.29. The number of carbonyl (C=O) groups is 1. The van der Waals surface area contributed by atoms with E-state index in [-0.39, 0.29) is 12.0 Å². The molecule has 1 saturated carbocycles. The molecule has 1 aromatic rings. The summed E-state index contributed by atoms with van der Waals surface area (Å²) in [6.45, 7) is 6.52. The Labute approximate surface area is 167 Å². The van der Waals surface area contributed by atoms with Crippen LogP contribution < -0.4 is 5.32 Å². The molecule has 1 fully saturated rings. The summed E-state index contributed by atoms with van der Waals surface area (Å²) >= 11 is 0. The second kappa shape index (κ2) is 9.05. The SMILES string of the molecule is C/C(NCc1cccc(C)c1)=C1\C=CC(O[C@H]2CC[C@@H](C(C)=O)CC2)=CC1=N. The largest absolute Gasteiger partial charge is 0.490 e. The number of nitrogens with one attached hydrogen (secondary N) is 2. The molecule has 0 saturated heterocycles. The van der Waals surface area contributed by atoms with Crippen molar-refractivity contribution in [2.24, 2.45) is 5.92 Å². The minimum absolute atomic E-state index is 0.144. The van der Waals surface area contributed by atoms with Gasteiger partial charge >= 0.3 is 0 Å². The zero-order valence-corrected chi connectivity index (χ0v) is 17.0. The lowest BCUT2D eigenvalue weighted by Gasteiger charge is -2.28. The summed E-state index contributed by atoms with van der Waals surface area (Å²) in [5, 5.41) is 11.8. The summed E-state index contributed by atoms with van der Waals surface area (Å²) in [5.41, 5.74) is 4.81. The standard InChI is InChI=1S/C24H30N2O2/c1-16-5-4-6-19(13-16)15-26-17(2)23-12-11-22(14-24(23)25)28-21-9-7-20(8-10-21)18(3)27/h4-6,11-14,20-21,25-26H,7-10,15H2,1-3H3/b23-17-,25-24?/t20-,21+. The van der Waals surface area contributed by atoms with Crippen molar-refractivity contribution >= 4 is 11.5 Å². The molecule has 148 valence electrons. The quantitative estimate of drug-likeness (QED) is 0.732. The van der Waals surface area contributed by atoms with E-state index in [1.807, 2.05) is 19.1 Å². The zero-order chi connectivity index (χ0) is 20.1. The van der Waals surface area contributed by atoms with Crippen LogP contribution in [0.3, 0.4) is 0 Å². The third kappa shape index (κ3) is 5.22. The highest BCUT2D eigenvalue weighted by atomic mass is 16.5. The van der Waals surface area contributed by atoms with Crippen LogP contribution in [-0.4, -0.2) is 17.6 Å². The Kier molecular flexibility index (Phi) is 6.50. The second-order valence-corrected chi connectivity index (χ2v) is 7.88. The minimum Gasteiger partial charge on any atom is -0.490 e. The fourth-order valence-corrected chi connectivity index (χ4v) is 3.86. The lowest BCUT2D eigenvalue weighted by atomic mass is 9.85. The molecular weight excluding hydrogens is 348 g/mol. The zero-order valence-electron chi connectivity index (χ0n) is 17.0. The van der Waals surface area contributed by atoms with E-state index in [2.05, 4.69) is 36.5 Å². The molecule has 0 atom stereocenters. The van der Waals surface area contributed by atoms with Gasteiger partial charge in [-0.15, -0.1) is 0 Å². The number of rotatable bonds is 6. The van der Waals surface area contributed by atoms with E-state index in [1.165, 1.54) is 11.1 Å². The molecule has 1 aromatic carbocycles. The van der Waals surface area contributed by atoms with Crippen molar-refractivity contribution < 1.29 is 9.53 Å². The molecule has 0 aromatic heterocycles. The molecule has 4 nitrogen and oxygen atoms in total. The van der Waals surface area contributed by atoms with Crippen LogP contribution in [0.2, 0.25) is 0 Å². The van der Waals surface area contributed by atoms with E-state index in [9.17, 15) is 4.79 Å². The number of benzene rings is 1. The van der Waals surface area contributed by atoms with Gasteiger partial charge in [-0.1, -0.05) is 29.8 Å². The lowest BCUT2D eigenvalue weighted by molar-refractivity contribution is -0.122. The summed E-state index contributed by atoms with van der Waals surface area (Å²) < 4.78 is 6.08. The van der Waals surface area contributed by atoms with E-state index in [0.29, 0.717) is 11.5 Å². The van der Waals surface area contributed by atoms with Crippen molar-refractivity contribution in [3.63, 3.8) is 0 Å². The summed E-state index contributed by atoms with van der Waals surface area (Å²) in [4.78, 5) is 11.5. The monoisotopic (exact) mass is 378 g/mol. The number of ketones is 1. The number of allylic oxidation sites excluding steroid dienone is 5. The van der Waals surface area contributed by atoms with Crippen LogP contribution in [0, 0.1) is 18.3 Å². The topological polar surface area (TPSA) is 62.2 Å². The maximum Gasteiger partial charge on any atom is 0.132 e. The smallest absolute Gasteiger partial charge is 0.132 e. The van der Waals surface area contributed by atoms with Gasteiger partial charge in [0.05, 0.1) is 11.8 Å². The molecule has 0 bridgehead atoms. The number of ether oxygens (including phenoxy) is 1. The van der Waals surface area contributed by atoms with E-state index in [4.69, 9.17) is 10.1 Å². The van der Waals surface area contributed by atoms with Crippen LogP contribution in [0.5, 0.6) is 0 Å². The van der Waals surface area contributed by atoms with E-state index in [0.717, 1.165) is 49.3 Å². The Bertz CT molecular complexity index is 840. The molecule has 2 aliphatic rings. The molecule has 0 unspecified atom stereocenters. The van der Waals surface area contributed by atoms with Gasteiger partial charge in [0.2, 0.25) is 0 Å². The first kappa shape index (κ1) is 20.1. The summed E-state index contributed by atoms with van der Waals surface area (Å²) in [6.07, 6.45) is 9.46.